The van der Waals surface area contributed by atoms with Crippen LogP contribution in [0.3, 0.4) is 0 Å². The zero-order valence-corrected chi connectivity index (χ0v) is 9.23. The van der Waals surface area contributed by atoms with E-state index in [1.54, 1.807) is 0 Å². The van der Waals surface area contributed by atoms with Crippen molar-refractivity contribution in [2.24, 2.45) is 0 Å². The molecule has 1 aliphatic carbocycles. The summed E-state index contributed by atoms with van der Waals surface area (Å²) in [6.07, 6.45) is 0.473. The molecule has 1 nitrogen and oxygen atoms in total. The van der Waals surface area contributed by atoms with Crippen molar-refractivity contribution in [1.82, 2.24) is 0 Å². The number of allylic oxidation sites excluding steroid dienone is 1. The van der Waals surface area contributed by atoms with Gasteiger partial charge in [0.1, 0.15) is 0 Å². The van der Waals surface area contributed by atoms with E-state index in [0.717, 1.165) is 16.0 Å². The summed E-state index contributed by atoms with van der Waals surface area (Å²) in [5, 5.41) is 0. The van der Waals surface area contributed by atoms with E-state index in [0.29, 0.717) is 10.9 Å². The first-order valence-electron chi connectivity index (χ1n) is 3.90. The monoisotopic (exact) mass is 254 g/mol. The number of thiol groups is 1. The summed E-state index contributed by atoms with van der Waals surface area (Å²) in [6, 6.07) is 7.83. The van der Waals surface area contributed by atoms with Crippen LogP contribution in [0.25, 0.3) is 4.91 Å². The van der Waals surface area contributed by atoms with Gasteiger partial charge in [-0.3, -0.25) is 4.79 Å². The number of hydrogen-bond acceptors (Lipinski definition) is 2. The fourth-order valence-corrected chi connectivity index (χ4v) is 2.10. The molecule has 2 rings (SSSR count). The van der Waals surface area contributed by atoms with Crippen molar-refractivity contribution >= 4 is 39.2 Å². The second kappa shape index (κ2) is 3.31. The number of hydrogen-bond donors (Lipinski definition) is 1. The number of benzene rings is 1. The van der Waals surface area contributed by atoms with Crippen LogP contribution >= 0.6 is 28.6 Å². The standard InChI is InChI=1S/C10H7BrOS/c11-9-8(12)5-6-3-1-2-4-7(6)10(9)13/h1-4,13H,5H2. The minimum Gasteiger partial charge on any atom is -0.293 e. The van der Waals surface area contributed by atoms with Gasteiger partial charge >= 0.3 is 0 Å². The molecule has 0 atom stereocenters. The van der Waals surface area contributed by atoms with Crippen molar-refractivity contribution in [3.8, 4) is 0 Å². The molecule has 0 spiro atoms. The number of carbonyl (C=O) groups is 1. The van der Waals surface area contributed by atoms with Gasteiger partial charge in [0.2, 0.25) is 0 Å². The van der Waals surface area contributed by atoms with Crippen molar-refractivity contribution in [1.29, 1.82) is 0 Å². The third kappa shape index (κ3) is 1.46. The Balaban J connectivity index is 2.66. The molecule has 0 heterocycles. The first-order chi connectivity index (χ1) is 6.20. The summed E-state index contributed by atoms with van der Waals surface area (Å²) in [5.74, 6) is 0.101. The quantitative estimate of drug-likeness (QED) is 0.705. The van der Waals surface area contributed by atoms with Crippen LogP contribution in [0.1, 0.15) is 11.1 Å². The Bertz CT molecular complexity index is 409. The molecule has 0 N–H and O–H groups in total. The van der Waals surface area contributed by atoms with Crippen LogP contribution in [0.5, 0.6) is 0 Å². The van der Waals surface area contributed by atoms with Crippen LogP contribution in [0.15, 0.2) is 28.7 Å². The van der Waals surface area contributed by atoms with E-state index < -0.39 is 0 Å². The molecule has 0 unspecified atom stereocenters. The van der Waals surface area contributed by atoms with Crippen LogP contribution in [0.2, 0.25) is 0 Å². The fraction of sp³-hybridized carbons (Fsp3) is 0.100. The van der Waals surface area contributed by atoms with Gasteiger partial charge in [0, 0.05) is 11.3 Å². The Hall–Kier alpha value is -0.540. The van der Waals surface area contributed by atoms with Crippen LogP contribution in [-0.2, 0) is 11.2 Å². The van der Waals surface area contributed by atoms with Crippen LogP contribution in [-0.4, -0.2) is 5.78 Å². The van der Waals surface area contributed by atoms with E-state index in [1.165, 1.54) is 0 Å². The number of halogens is 1. The van der Waals surface area contributed by atoms with Crippen molar-refractivity contribution in [2.75, 3.05) is 0 Å². The molecule has 66 valence electrons. The molecular weight excluding hydrogens is 248 g/mol. The highest BCUT2D eigenvalue weighted by Gasteiger charge is 2.20. The minimum absolute atomic E-state index is 0.101. The molecule has 0 radical (unpaired) electrons. The Morgan fingerprint density at radius 1 is 1.31 bits per heavy atom. The highest BCUT2D eigenvalue weighted by molar-refractivity contribution is 9.12. The second-order valence-electron chi connectivity index (χ2n) is 2.92. The maximum absolute atomic E-state index is 11.4. The summed E-state index contributed by atoms with van der Waals surface area (Å²) in [6.45, 7) is 0. The third-order valence-corrected chi connectivity index (χ3v) is 3.69. The number of carbonyl (C=O) groups excluding carboxylic acids is 1. The summed E-state index contributed by atoms with van der Waals surface area (Å²) in [4.78, 5) is 12.2. The molecular formula is C10H7BrOS. The molecule has 0 fully saturated rings. The Labute approximate surface area is 90.4 Å². The zero-order chi connectivity index (χ0) is 9.42. The summed E-state index contributed by atoms with van der Waals surface area (Å²) in [5.41, 5.74) is 2.11. The highest BCUT2D eigenvalue weighted by Crippen LogP contribution is 2.34. The largest absolute Gasteiger partial charge is 0.293 e. The SMILES string of the molecule is O=C1Cc2ccccc2C(S)=C1Br. The highest BCUT2D eigenvalue weighted by atomic mass is 79.9. The first-order valence-corrected chi connectivity index (χ1v) is 5.14. The van der Waals surface area contributed by atoms with Gasteiger partial charge < -0.3 is 0 Å². The van der Waals surface area contributed by atoms with Gasteiger partial charge in [0.05, 0.1) is 4.48 Å². The van der Waals surface area contributed by atoms with Crippen LogP contribution in [0.4, 0.5) is 0 Å². The average molecular weight is 255 g/mol. The lowest BCUT2D eigenvalue weighted by Gasteiger charge is -2.15. The lowest BCUT2D eigenvalue weighted by molar-refractivity contribution is -0.114. The number of Topliss-reactive ketones (excluding diaryl/α,β-unsaturated/α-hetero) is 1. The fourth-order valence-electron chi connectivity index (χ4n) is 1.41. The van der Waals surface area contributed by atoms with Crippen molar-refractivity contribution < 1.29 is 4.79 Å². The molecule has 0 aromatic heterocycles. The van der Waals surface area contributed by atoms with Crippen LogP contribution < -0.4 is 0 Å². The minimum atomic E-state index is 0.101. The lowest BCUT2D eigenvalue weighted by Crippen LogP contribution is -2.10. The van der Waals surface area contributed by atoms with E-state index in [-0.39, 0.29) is 5.78 Å². The summed E-state index contributed by atoms with van der Waals surface area (Å²) in [7, 11) is 0. The van der Waals surface area contributed by atoms with Gasteiger partial charge in [-0.2, -0.15) is 0 Å². The molecule has 0 bridgehead atoms. The van der Waals surface area contributed by atoms with E-state index >= 15 is 0 Å². The van der Waals surface area contributed by atoms with E-state index in [2.05, 4.69) is 28.6 Å². The molecule has 13 heavy (non-hydrogen) atoms. The van der Waals surface area contributed by atoms with Crippen LogP contribution in [0, 0.1) is 0 Å². The maximum Gasteiger partial charge on any atom is 0.175 e. The van der Waals surface area contributed by atoms with E-state index in [1.807, 2.05) is 24.3 Å². The second-order valence-corrected chi connectivity index (χ2v) is 4.16. The number of ketones is 1. The predicted octanol–water partition coefficient (Wildman–Crippen LogP) is 2.81. The molecule has 1 aromatic carbocycles. The molecule has 0 saturated carbocycles. The van der Waals surface area contributed by atoms with E-state index in [9.17, 15) is 4.79 Å². The molecule has 0 amide bonds. The van der Waals surface area contributed by atoms with Gasteiger partial charge in [-0.25, -0.2) is 0 Å². The van der Waals surface area contributed by atoms with Gasteiger partial charge in [0.25, 0.3) is 0 Å². The maximum atomic E-state index is 11.4. The Kier molecular flexibility index (Phi) is 2.30. The molecule has 0 saturated heterocycles. The topological polar surface area (TPSA) is 17.1 Å². The Morgan fingerprint density at radius 3 is 2.77 bits per heavy atom. The molecule has 3 heteroatoms. The van der Waals surface area contributed by atoms with Crippen molar-refractivity contribution in [3.63, 3.8) is 0 Å². The molecule has 0 aliphatic heterocycles. The van der Waals surface area contributed by atoms with Gasteiger partial charge in [-0.15, -0.1) is 12.6 Å². The normalized spacial score (nSPS) is 16.0. The summed E-state index contributed by atoms with van der Waals surface area (Å²) < 4.78 is 0.592. The van der Waals surface area contributed by atoms with Crippen molar-refractivity contribution in [3.05, 3.63) is 39.9 Å². The van der Waals surface area contributed by atoms with E-state index in [4.69, 9.17) is 0 Å². The first kappa shape index (κ1) is 9.03. The third-order valence-electron chi connectivity index (χ3n) is 2.08. The Morgan fingerprint density at radius 2 is 2.00 bits per heavy atom. The summed E-state index contributed by atoms with van der Waals surface area (Å²) >= 11 is 7.55. The van der Waals surface area contributed by atoms with Gasteiger partial charge in [0.15, 0.2) is 5.78 Å². The zero-order valence-electron chi connectivity index (χ0n) is 6.75. The van der Waals surface area contributed by atoms with Gasteiger partial charge in [-0.05, 0) is 27.1 Å². The smallest absolute Gasteiger partial charge is 0.175 e. The number of fused-ring (bicyclic) bond motifs is 1. The predicted molar refractivity (Wildman–Crippen MR) is 60.0 cm³/mol. The lowest BCUT2D eigenvalue weighted by atomic mass is 9.96. The average Bonchev–Trinajstić information content (AvgIpc) is 2.15. The van der Waals surface area contributed by atoms with Crippen molar-refractivity contribution in [2.45, 2.75) is 6.42 Å². The number of rotatable bonds is 0. The molecule has 1 aromatic rings. The van der Waals surface area contributed by atoms with Gasteiger partial charge in [-0.1, -0.05) is 24.3 Å². The molecule has 1 aliphatic rings.